The Balaban J connectivity index is 1.28. The third kappa shape index (κ3) is 6.48. The van der Waals surface area contributed by atoms with Crippen LogP contribution < -0.4 is 11.1 Å². The number of amides is 2. The van der Waals surface area contributed by atoms with Crippen LogP contribution in [-0.2, 0) is 11.3 Å². The van der Waals surface area contributed by atoms with Crippen LogP contribution in [0.4, 0.5) is 13.6 Å². The first-order valence-corrected chi connectivity index (χ1v) is 14.5. The lowest BCUT2D eigenvalue weighted by Gasteiger charge is -2.24. The van der Waals surface area contributed by atoms with E-state index in [2.05, 4.69) is 27.3 Å². The number of carbonyl (C=O) groups excluding carboxylic acids is 2. The van der Waals surface area contributed by atoms with Crippen LogP contribution in [-0.4, -0.2) is 47.6 Å². The molecular formula is C35H32F2N4O3. The second-order valence-corrected chi connectivity index (χ2v) is 11.2. The number of carbonyl (C=O) groups is 2. The van der Waals surface area contributed by atoms with Gasteiger partial charge in [0.25, 0.3) is 5.91 Å². The van der Waals surface area contributed by atoms with Crippen LogP contribution in [0.25, 0.3) is 33.2 Å². The average Bonchev–Trinajstić information content (AvgIpc) is 3.60. The molecule has 2 heterocycles. The lowest BCUT2D eigenvalue weighted by Crippen LogP contribution is -2.40. The Kier molecular flexibility index (Phi) is 8.38. The van der Waals surface area contributed by atoms with Crippen LogP contribution in [0, 0.1) is 17.6 Å². The third-order valence-corrected chi connectivity index (χ3v) is 8.14. The minimum Gasteiger partial charge on any atom is -0.449 e. The van der Waals surface area contributed by atoms with Gasteiger partial charge in [-0.05, 0) is 59.0 Å². The molecule has 0 unspecified atom stereocenters. The number of nitrogens with zero attached hydrogens (tertiary/aromatic N) is 1. The van der Waals surface area contributed by atoms with Crippen LogP contribution in [0.3, 0.4) is 0 Å². The number of halogens is 2. The summed E-state index contributed by atoms with van der Waals surface area (Å²) >= 11 is 0. The molecule has 4 aromatic carbocycles. The predicted molar refractivity (Wildman–Crippen MR) is 166 cm³/mol. The zero-order valence-corrected chi connectivity index (χ0v) is 23.9. The summed E-state index contributed by atoms with van der Waals surface area (Å²) in [4.78, 5) is 30.6. The van der Waals surface area contributed by atoms with E-state index in [0.717, 1.165) is 34.0 Å². The van der Waals surface area contributed by atoms with Crippen LogP contribution in [0.2, 0.25) is 0 Å². The van der Waals surface area contributed by atoms with Crippen LogP contribution >= 0.6 is 0 Å². The minimum absolute atomic E-state index is 0.00404. The van der Waals surface area contributed by atoms with Gasteiger partial charge in [0.05, 0.1) is 6.61 Å². The number of aromatic nitrogens is 1. The smallest absolute Gasteiger partial charge is 0.404 e. The summed E-state index contributed by atoms with van der Waals surface area (Å²) in [7, 11) is 0. The maximum absolute atomic E-state index is 13.8. The summed E-state index contributed by atoms with van der Waals surface area (Å²) in [6.07, 6.45) is -0.0787. The molecule has 0 spiro atoms. The standard InChI is InChI=1S/C35H32F2N4O3/c36-27-11-6-24(7-12-27)26-10-15-30-31(17-26)40-33(32(30)25-8-13-28(37)14-9-25)34(42)39-18-29-16-23(21-44-35(38)43)20-41(29)19-22-4-2-1-3-5-22/h1-15,17,23,29,40H,16,18-21H2,(H2,38,43)(H,39,42)/t23-,29+/m1/s1. The number of aromatic amines is 1. The summed E-state index contributed by atoms with van der Waals surface area (Å²) in [5.41, 5.74) is 10.5. The molecule has 44 heavy (non-hydrogen) atoms. The van der Waals surface area contributed by atoms with Crippen LogP contribution in [0.5, 0.6) is 0 Å². The van der Waals surface area contributed by atoms with Crippen LogP contribution in [0.15, 0.2) is 97.1 Å². The van der Waals surface area contributed by atoms with Gasteiger partial charge in [-0.25, -0.2) is 13.6 Å². The third-order valence-electron chi connectivity index (χ3n) is 8.14. The second kappa shape index (κ2) is 12.7. The summed E-state index contributed by atoms with van der Waals surface area (Å²) < 4.78 is 32.5. The molecule has 6 rings (SSSR count). The fourth-order valence-electron chi connectivity index (χ4n) is 6.04. The van der Waals surface area contributed by atoms with E-state index in [1.165, 1.54) is 24.3 Å². The van der Waals surface area contributed by atoms with E-state index in [4.69, 9.17) is 10.5 Å². The van der Waals surface area contributed by atoms with Gasteiger partial charge in [0, 0.05) is 48.1 Å². The predicted octanol–water partition coefficient (Wildman–Crippen LogP) is 6.50. The first kappa shape index (κ1) is 29.1. The van der Waals surface area contributed by atoms with E-state index in [-0.39, 0.29) is 36.1 Å². The Morgan fingerprint density at radius 3 is 2.23 bits per heavy atom. The highest BCUT2D eigenvalue weighted by molar-refractivity contribution is 6.10. The molecule has 224 valence electrons. The molecule has 9 heteroatoms. The highest BCUT2D eigenvalue weighted by atomic mass is 19.1. The second-order valence-electron chi connectivity index (χ2n) is 11.2. The molecule has 1 aliphatic rings. The van der Waals surface area contributed by atoms with Crippen molar-refractivity contribution in [3.63, 3.8) is 0 Å². The zero-order chi connectivity index (χ0) is 30.6. The first-order valence-electron chi connectivity index (χ1n) is 14.5. The van der Waals surface area contributed by atoms with E-state index in [1.807, 2.05) is 36.4 Å². The first-order chi connectivity index (χ1) is 21.3. The Hall–Kier alpha value is -5.02. The quantitative estimate of drug-likeness (QED) is 0.182. The van der Waals surface area contributed by atoms with E-state index >= 15 is 0 Å². The number of primary amides is 1. The van der Waals surface area contributed by atoms with Gasteiger partial charge in [0.2, 0.25) is 0 Å². The molecule has 2 amide bonds. The van der Waals surface area contributed by atoms with Crippen molar-refractivity contribution in [1.29, 1.82) is 0 Å². The maximum atomic E-state index is 13.8. The van der Waals surface area contributed by atoms with Gasteiger partial charge in [0.15, 0.2) is 0 Å². The Morgan fingerprint density at radius 1 is 0.886 bits per heavy atom. The molecule has 2 atom stereocenters. The van der Waals surface area contributed by atoms with E-state index in [0.29, 0.717) is 36.5 Å². The number of hydrogen-bond acceptors (Lipinski definition) is 4. The fourth-order valence-corrected chi connectivity index (χ4v) is 6.04. The van der Waals surface area contributed by atoms with E-state index in [9.17, 15) is 18.4 Å². The number of ether oxygens (including phenoxy) is 1. The summed E-state index contributed by atoms with van der Waals surface area (Å²) in [6, 6.07) is 28.1. The number of rotatable bonds is 9. The molecule has 0 saturated carbocycles. The largest absolute Gasteiger partial charge is 0.449 e. The molecule has 1 aliphatic heterocycles. The van der Waals surface area contributed by atoms with Crippen LogP contribution in [0.1, 0.15) is 22.5 Å². The summed E-state index contributed by atoms with van der Waals surface area (Å²) in [5, 5.41) is 3.93. The highest BCUT2D eigenvalue weighted by Gasteiger charge is 2.33. The molecule has 0 aliphatic carbocycles. The average molecular weight is 595 g/mol. The molecule has 0 bridgehead atoms. The molecule has 5 aromatic rings. The normalized spacial score (nSPS) is 16.7. The topological polar surface area (TPSA) is 100 Å². The van der Waals surface area contributed by atoms with Gasteiger partial charge < -0.3 is 20.8 Å². The van der Waals surface area contributed by atoms with Gasteiger partial charge in [-0.2, -0.15) is 0 Å². The molecule has 7 nitrogen and oxygen atoms in total. The van der Waals surface area contributed by atoms with Gasteiger partial charge in [-0.3, -0.25) is 9.69 Å². The zero-order valence-electron chi connectivity index (χ0n) is 23.9. The van der Waals surface area contributed by atoms with Crippen molar-refractivity contribution in [3.8, 4) is 22.3 Å². The molecule has 0 radical (unpaired) electrons. The van der Waals surface area contributed by atoms with Gasteiger partial charge in [-0.15, -0.1) is 0 Å². The van der Waals surface area contributed by atoms with Crippen molar-refractivity contribution in [3.05, 3.63) is 120 Å². The van der Waals surface area contributed by atoms with Crippen molar-refractivity contribution in [2.45, 2.75) is 19.0 Å². The van der Waals surface area contributed by atoms with Gasteiger partial charge >= 0.3 is 6.09 Å². The Labute approximate surface area is 253 Å². The number of nitrogens with one attached hydrogen (secondary N) is 2. The fraction of sp³-hybridized carbons (Fsp3) is 0.200. The SMILES string of the molecule is NC(=O)OC[C@@H]1C[C@@H](CNC(=O)c2[nH]c3cc(-c4ccc(F)cc4)ccc3c2-c2ccc(F)cc2)N(Cc2ccccc2)C1. The molecule has 1 fully saturated rings. The Morgan fingerprint density at radius 2 is 1.55 bits per heavy atom. The number of hydrogen-bond donors (Lipinski definition) is 3. The monoisotopic (exact) mass is 594 g/mol. The lowest BCUT2D eigenvalue weighted by molar-refractivity contribution is 0.0936. The van der Waals surface area contributed by atoms with Crippen molar-refractivity contribution >= 4 is 22.9 Å². The van der Waals surface area contributed by atoms with E-state index in [1.54, 1.807) is 24.3 Å². The molecule has 1 saturated heterocycles. The summed E-state index contributed by atoms with van der Waals surface area (Å²) in [5.74, 6) is -0.891. The van der Waals surface area contributed by atoms with E-state index < -0.39 is 6.09 Å². The number of nitrogens with two attached hydrogens (primary N) is 1. The number of likely N-dealkylation sites (tertiary alicyclic amines) is 1. The van der Waals surface area contributed by atoms with Gasteiger partial charge in [-0.1, -0.05) is 66.7 Å². The van der Waals surface area contributed by atoms with Crippen molar-refractivity contribution < 1.29 is 23.1 Å². The molecule has 4 N–H and O–H groups in total. The van der Waals surface area contributed by atoms with Crippen molar-refractivity contribution in [1.82, 2.24) is 15.2 Å². The number of fused-ring (bicyclic) bond motifs is 1. The Bertz CT molecular complexity index is 1770. The molecule has 1 aromatic heterocycles. The van der Waals surface area contributed by atoms with Gasteiger partial charge in [0.1, 0.15) is 17.3 Å². The van der Waals surface area contributed by atoms with Crippen molar-refractivity contribution in [2.75, 3.05) is 19.7 Å². The molecular weight excluding hydrogens is 562 g/mol. The lowest BCUT2D eigenvalue weighted by atomic mass is 9.99. The maximum Gasteiger partial charge on any atom is 0.404 e. The highest BCUT2D eigenvalue weighted by Crippen LogP contribution is 2.35. The summed E-state index contributed by atoms with van der Waals surface area (Å²) in [6.45, 7) is 1.98. The minimum atomic E-state index is -0.800. The van der Waals surface area contributed by atoms with Crippen molar-refractivity contribution in [2.24, 2.45) is 11.7 Å². The number of benzene rings is 4. The number of H-pyrrole nitrogens is 1.